The summed E-state index contributed by atoms with van der Waals surface area (Å²) in [7, 11) is 1.75. The molecule has 0 aliphatic heterocycles. The SMILES string of the molecule is Cn1cc(-c2[c]scc2)ccc1=O. The summed E-state index contributed by atoms with van der Waals surface area (Å²) in [5.74, 6) is 0. The molecule has 13 heavy (non-hydrogen) atoms. The Morgan fingerprint density at radius 3 is 2.85 bits per heavy atom. The monoisotopic (exact) mass is 190 g/mol. The van der Waals surface area contributed by atoms with E-state index in [1.807, 2.05) is 23.7 Å². The highest BCUT2D eigenvalue weighted by molar-refractivity contribution is 7.07. The molecule has 0 saturated carbocycles. The first-order valence-electron chi connectivity index (χ1n) is 3.89. The van der Waals surface area contributed by atoms with E-state index in [2.05, 4.69) is 5.38 Å². The molecule has 65 valence electrons. The molecule has 2 rings (SSSR count). The largest absolute Gasteiger partial charge is 0.318 e. The van der Waals surface area contributed by atoms with Crippen LogP contribution in [0.4, 0.5) is 0 Å². The van der Waals surface area contributed by atoms with Crippen LogP contribution in [0.2, 0.25) is 0 Å². The standard InChI is InChI=1S/C10H8NOS/c1-11-6-8(2-3-10(11)12)9-4-5-13-7-9/h2-6H,1H3. The zero-order valence-electron chi connectivity index (χ0n) is 7.15. The molecule has 0 aromatic carbocycles. The van der Waals surface area contributed by atoms with Gasteiger partial charge in [-0.2, -0.15) is 0 Å². The third-order valence-corrected chi connectivity index (χ3v) is 2.48. The summed E-state index contributed by atoms with van der Waals surface area (Å²) in [6.07, 6.45) is 1.82. The second-order valence-electron chi connectivity index (χ2n) is 2.80. The topological polar surface area (TPSA) is 22.0 Å². The van der Waals surface area contributed by atoms with Crippen LogP contribution in [-0.4, -0.2) is 4.57 Å². The molecule has 1 radical (unpaired) electrons. The quantitative estimate of drug-likeness (QED) is 0.673. The van der Waals surface area contributed by atoms with Crippen molar-refractivity contribution in [3.05, 3.63) is 45.5 Å². The predicted molar refractivity (Wildman–Crippen MR) is 53.8 cm³/mol. The van der Waals surface area contributed by atoms with Gasteiger partial charge < -0.3 is 4.57 Å². The van der Waals surface area contributed by atoms with Crippen molar-refractivity contribution < 1.29 is 0 Å². The molecule has 0 fully saturated rings. The highest BCUT2D eigenvalue weighted by atomic mass is 32.1. The van der Waals surface area contributed by atoms with Crippen molar-refractivity contribution in [2.24, 2.45) is 7.05 Å². The van der Waals surface area contributed by atoms with Crippen LogP contribution in [0.15, 0.2) is 34.6 Å². The van der Waals surface area contributed by atoms with Crippen molar-refractivity contribution in [3.8, 4) is 11.1 Å². The average molecular weight is 190 g/mol. The number of hydrogen-bond donors (Lipinski definition) is 0. The number of rotatable bonds is 1. The van der Waals surface area contributed by atoms with Crippen molar-refractivity contribution in [2.75, 3.05) is 0 Å². The zero-order valence-corrected chi connectivity index (χ0v) is 7.97. The Hall–Kier alpha value is -1.35. The Balaban J connectivity index is 2.55. The maximum absolute atomic E-state index is 11.1. The molecule has 2 heterocycles. The molecule has 2 nitrogen and oxygen atoms in total. The van der Waals surface area contributed by atoms with Crippen LogP contribution in [0.3, 0.4) is 0 Å². The summed E-state index contributed by atoms with van der Waals surface area (Å²) in [5.41, 5.74) is 2.09. The van der Waals surface area contributed by atoms with E-state index in [0.29, 0.717) is 0 Å². The molecule has 3 heteroatoms. The van der Waals surface area contributed by atoms with Gasteiger partial charge in [-0.1, -0.05) is 0 Å². The van der Waals surface area contributed by atoms with Crippen LogP contribution in [0.5, 0.6) is 0 Å². The summed E-state index contributed by atoms with van der Waals surface area (Å²) in [6.45, 7) is 0. The molecule has 0 atom stereocenters. The summed E-state index contributed by atoms with van der Waals surface area (Å²) in [6, 6.07) is 5.38. The molecule has 0 bridgehead atoms. The van der Waals surface area contributed by atoms with E-state index < -0.39 is 0 Å². The number of aromatic nitrogens is 1. The van der Waals surface area contributed by atoms with Crippen LogP contribution in [0, 0.1) is 5.38 Å². The number of hydrogen-bond acceptors (Lipinski definition) is 2. The Morgan fingerprint density at radius 2 is 2.23 bits per heavy atom. The first-order chi connectivity index (χ1) is 6.27. The van der Waals surface area contributed by atoms with Gasteiger partial charge in [-0.15, -0.1) is 11.3 Å². The van der Waals surface area contributed by atoms with Gasteiger partial charge in [-0.05, 0) is 23.1 Å². The number of pyridine rings is 1. The number of aryl methyl sites for hydroxylation is 1. The van der Waals surface area contributed by atoms with Crippen LogP contribution < -0.4 is 5.56 Å². The lowest BCUT2D eigenvalue weighted by Gasteiger charge is -1.99. The minimum absolute atomic E-state index is 0.0129. The smallest absolute Gasteiger partial charge is 0.250 e. The molecular weight excluding hydrogens is 182 g/mol. The van der Waals surface area contributed by atoms with E-state index in [9.17, 15) is 4.79 Å². The van der Waals surface area contributed by atoms with Gasteiger partial charge in [0, 0.05) is 24.9 Å². The maximum Gasteiger partial charge on any atom is 0.250 e. The fourth-order valence-corrected chi connectivity index (χ4v) is 1.73. The summed E-state index contributed by atoms with van der Waals surface area (Å²) in [4.78, 5) is 11.1. The van der Waals surface area contributed by atoms with Gasteiger partial charge in [-0.25, -0.2) is 0 Å². The molecule has 0 spiro atoms. The maximum atomic E-state index is 11.1. The van der Waals surface area contributed by atoms with Crippen molar-refractivity contribution in [1.29, 1.82) is 0 Å². The predicted octanol–water partition coefficient (Wildman–Crippen LogP) is 1.91. The first kappa shape index (κ1) is 8.26. The summed E-state index contributed by atoms with van der Waals surface area (Å²) < 4.78 is 1.57. The van der Waals surface area contributed by atoms with Crippen molar-refractivity contribution in [3.63, 3.8) is 0 Å². The van der Waals surface area contributed by atoms with Crippen LogP contribution >= 0.6 is 11.3 Å². The third-order valence-electron chi connectivity index (χ3n) is 1.87. The molecular formula is C10H8NOS. The lowest BCUT2D eigenvalue weighted by atomic mass is 10.1. The molecule has 0 aliphatic carbocycles. The van der Waals surface area contributed by atoms with Gasteiger partial charge in [0.2, 0.25) is 5.56 Å². The van der Waals surface area contributed by atoms with Crippen LogP contribution in [0.25, 0.3) is 11.1 Å². The van der Waals surface area contributed by atoms with E-state index in [-0.39, 0.29) is 5.56 Å². The molecule has 2 aromatic heterocycles. The van der Waals surface area contributed by atoms with Gasteiger partial charge in [-0.3, -0.25) is 4.79 Å². The van der Waals surface area contributed by atoms with Gasteiger partial charge in [0.25, 0.3) is 0 Å². The lowest BCUT2D eigenvalue weighted by molar-refractivity contribution is 0.862. The molecule has 0 aliphatic rings. The van der Waals surface area contributed by atoms with E-state index >= 15 is 0 Å². The van der Waals surface area contributed by atoms with Crippen molar-refractivity contribution >= 4 is 11.3 Å². The third kappa shape index (κ3) is 1.55. The Kier molecular flexibility index (Phi) is 2.02. The highest BCUT2D eigenvalue weighted by Crippen LogP contribution is 2.19. The summed E-state index contributed by atoms with van der Waals surface area (Å²) >= 11 is 1.53. The van der Waals surface area contributed by atoms with Crippen LogP contribution in [0.1, 0.15) is 0 Å². The lowest BCUT2D eigenvalue weighted by Crippen LogP contribution is -2.13. The second-order valence-corrected chi connectivity index (χ2v) is 3.52. The minimum atomic E-state index is 0.0129. The summed E-state index contributed by atoms with van der Waals surface area (Å²) in [5, 5.41) is 5.10. The Labute approximate surface area is 80.1 Å². The first-order valence-corrected chi connectivity index (χ1v) is 4.77. The average Bonchev–Trinajstić information content (AvgIpc) is 2.62. The molecule has 2 aromatic rings. The van der Waals surface area contributed by atoms with E-state index in [1.165, 1.54) is 11.3 Å². The highest BCUT2D eigenvalue weighted by Gasteiger charge is 1.98. The van der Waals surface area contributed by atoms with E-state index in [4.69, 9.17) is 0 Å². The minimum Gasteiger partial charge on any atom is -0.318 e. The fraction of sp³-hybridized carbons (Fsp3) is 0.100. The molecule has 0 saturated heterocycles. The number of thiophene rings is 1. The van der Waals surface area contributed by atoms with Crippen LogP contribution in [-0.2, 0) is 7.05 Å². The van der Waals surface area contributed by atoms with Crippen molar-refractivity contribution in [1.82, 2.24) is 4.57 Å². The molecule has 0 unspecified atom stereocenters. The Morgan fingerprint density at radius 1 is 1.38 bits per heavy atom. The molecule has 0 amide bonds. The van der Waals surface area contributed by atoms with Crippen molar-refractivity contribution in [2.45, 2.75) is 0 Å². The zero-order chi connectivity index (χ0) is 9.26. The van der Waals surface area contributed by atoms with Gasteiger partial charge in [0.15, 0.2) is 0 Å². The Bertz CT molecular complexity index is 456. The fourth-order valence-electron chi connectivity index (χ4n) is 1.14. The van der Waals surface area contributed by atoms with Gasteiger partial charge >= 0.3 is 0 Å². The van der Waals surface area contributed by atoms with Gasteiger partial charge in [0.05, 0.1) is 5.38 Å². The second kappa shape index (κ2) is 3.18. The van der Waals surface area contributed by atoms with Gasteiger partial charge in [0.1, 0.15) is 0 Å². The molecule has 0 N–H and O–H groups in total. The normalized spacial score (nSPS) is 10.2. The number of nitrogens with zero attached hydrogens (tertiary/aromatic N) is 1. The van der Waals surface area contributed by atoms with E-state index in [0.717, 1.165) is 11.1 Å². The van der Waals surface area contributed by atoms with E-state index in [1.54, 1.807) is 17.7 Å².